The molecule has 0 radical (unpaired) electrons. The summed E-state index contributed by atoms with van der Waals surface area (Å²) in [5.41, 5.74) is 7.49. The zero-order valence-electron chi connectivity index (χ0n) is 61.0. The van der Waals surface area contributed by atoms with Gasteiger partial charge in [-0.05, 0) is 117 Å². The van der Waals surface area contributed by atoms with Gasteiger partial charge in [0.05, 0.1) is 19.8 Å². The molecule has 2 aliphatic carbocycles. The van der Waals surface area contributed by atoms with Crippen molar-refractivity contribution >= 4 is 101 Å². The first-order valence-corrected chi connectivity index (χ1v) is 36.7. The molecule has 1 fully saturated rings. The maximum Gasteiger partial charge on any atom is 0.282 e. The van der Waals surface area contributed by atoms with Crippen molar-refractivity contribution in [2.24, 2.45) is 0 Å². The van der Waals surface area contributed by atoms with Crippen molar-refractivity contribution in [3.8, 4) is 51.6 Å². The number of thiol groups is 1. The molecule has 0 bridgehead atoms. The Hall–Kier alpha value is -13.2. The number of phenolic OH excluding ortho intramolecular Hbond substituents is 4. The number of pyridine rings is 1. The van der Waals surface area contributed by atoms with Crippen LogP contribution in [0.15, 0.2) is 319 Å². The predicted molar refractivity (Wildman–Crippen MR) is 445 cm³/mol. The van der Waals surface area contributed by atoms with Crippen LogP contribution in [0.25, 0.3) is 81.7 Å². The number of hydrogen-bond donors (Lipinski definition) is 10. The summed E-state index contributed by atoms with van der Waals surface area (Å²) in [6.07, 6.45) is 3.77. The molecule has 0 spiro atoms. The maximum atomic E-state index is 11.9. The van der Waals surface area contributed by atoms with Crippen molar-refractivity contribution in [1.82, 2.24) is 15.2 Å². The molecule has 0 atom stereocenters. The van der Waals surface area contributed by atoms with Crippen molar-refractivity contribution in [3.63, 3.8) is 0 Å². The van der Waals surface area contributed by atoms with Crippen molar-refractivity contribution in [2.75, 3.05) is 52.5 Å². The van der Waals surface area contributed by atoms with Crippen LogP contribution < -0.4 is 10.1 Å². The van der Waals surface area contributed by atoms with Gasteiger partial charge in [-0.25, -0.2) is 0 Å². The third-order valence-corrected chi connectivity index (χ3v) is 19.3. The molecule has 17 nitrogen and oxygen atoms in total. The molecule has 18 heteroatoms. The normalized spacial score (nSPS) is 12.8. The first-order valence-electron chi connectivity index (χ1n) is 36.2. The first kappa shape index (κ1) is 78.4. The molecular weight excluding hydrogens is 1430 g/mol. The van der Waals surface area contributed by atoms with Crippen LogP contribution in [0, 0.1) is 6.92 Å². The Labute approximate surface area is 651 Å². The van der Waals surface area contributed by atoms with Crippen LogP contribution in [-0.4, -0.2) is 121 Å². The summed E-state index contributed by atoms with van der Waals surface area (Å²) in [5, 5.41) is 89.8. The summed E-state index contributed by atoms with van der Waals surface area (Å²) in [6, 6.07) is 90.0. The average Bonchev–Trinajstić information content (AvgIpc) is 0.951. The average molecular weight is 1510 g/mol. The Morgan fingerprint density at radius 1 is 0.473 bits per heavy atom. The van der Waals surface area contributed by atoms with Crippen LogP contribution >= 0.6 is 12.6 Å². The number of ether oxygens (including phenoxy) is 2. The van der Waals surface area contributed by atoms with E-state index in [9.17, 15) is 45.0 Å². The van der Waals surface area contributed by atoms with E-state index in [1.54, 1.807) is 79.1 Å². The van der Waals surface area contributed by atoms with Crippen LogP contribution in [-0.2, 0) is 9.53 Å². The zero-order chi connectivity index (χ0) is 78.5. The minimum absolute atomic E-state index is 0.00324. The molecule has 562 valence electrons. The number of carbonyl (C=O) groups excluding carboxylic acids is 3. The van der Waals surface area contributed by atoms with Gasteiger partial charge in [-0.3, -0.25) is 24.3 Å². The third-order valence-electron chi connectivity index (χ3n) is 18.8. The smallest absolute Gasteiger partial charge is 0.282 e. The van der Waals surface area contributed by atoms with Crippen LogP contribution in [0.3, 0.4) is 0 Å². The number of furan rings is 1. The van der Waals surface area contributed by atoms with Crippen LogP contribution in [0.2, 0.25) is 0 Å². The van der Waals surface area contributed by atoms with Crippen molar-refractivity contribution in [3.05, 3.63) is 349 Å². The predicted octanol–water partition coefficient (Wildman–Crippen LogP) is 18.9. The Morgan fingerprint density at radius 2 is 1.00 bits per heavy atom. The molecule has 2 aliphatic heterocycles. The summed E-state index contributed by atoms with van der Waals surface area (Å²) in [4.78, 5) is 41.5. The van der Waals surface area contributed by atoms with Gasteiger partial charge < -0.3 is 60.1 Å². The quantitative estimate of drug-likeness (QED) is 0.0332. The van der Waals surface area contributed by atoms with Gasteiger partial charge in [0.1, 0.15) is 51.9 Å². The molecule has 4 aliphatic rings. The number of aliphatic hydroxyl groups is 3. The van der Waals surface area contributed by atoms with Crippen molar-refractivity contribution < 1.29 is 69.1 Å². The summed E-state index contributed by atoms with van der Waals surface area (Å²) >= 11 is 4.20. The highest BCUT2D eigenvalue weighted by Gasteiger charge is 2.28. The van der Waals surface area contributed by atoms with E-state index in [4.69, 9.17) is 24.1 Å². The fraction of sp³-hybridized carbons (Fsp3) is 0.106. The number of nitrogens with one attached hydrogen (secondary N) is 1. The van der Waals surface area contributed by atoms with Gasteiger partial charge in [0.25, 0.3) is 5.95 Å². The number of carbonyl (C=O) groups is 3. The van der Waals surface area contributed by atoms with E-state index in [0.29, 0.717) is 35.0 Å². The van der Waals surface area contributed by atoms with E-state index in [2.05, 4.69) is 64.2 Å². The Kier molecular flexibility index (Phi) is 26.4. The molecule has 4 heterocycles. The van der Waals surface area contributed by atoms with E-state index in [-0.39, 0.29) is 35.4 Å². The maximum absolute atomic E-state index is 11.9. The molecule has 16 aromatic rings. The lowest BCUT2D eigenvalue weighted by Crippen LogP contribution is -2.44. The molecule has 0 saturated carbocycles. The number of aliphatic hydroxyl groups excluding tert-OH is 3. The van der Waals surface area contributed by atoms with Gasteiger partial charge in [-0.15, -0.1) is 12.6 Å². The lowest BCUT2D eigenvalue weighted by atomic mass is 9.94. The molecule has 20 rings (SSSR count). The SMILES string of the molecule is Cc1ccccc1S.O=C1C=C(O)c2ccccc2C1=O.O=C1c2ccccc2-c2ccc(O)cc21.OC1c2ccccc2Oc2ccccc21.OCCOCCN1CCNCC1.Oc1cc2ccccc2o1.Oc1ccc2ccc3cccc4ccc1c2c34.Oc1cccc2ccccc12.Oc1cccc2cnccc12. The number of phenols is 4. The molecule has 1 saturated heterocycles. The topological polar surface area (TPSA) is 273 Å². The third kappa shape index (κ3) is 19.3. The lowest BCUT2D eigenvalue weighted by molar-refractivity contribution is -0.111. The fourth-order valence-corrected chi connectivity index (χ4v) is 13.2. The molecular formula is C94H81N3O14S. The molecule has 0 amide bonds. The summed E-state index contributed by atoms with van der Waals surface area (Å²) in [5.74, 6) is 1.23. The van der Waals surface area contributed by atoms with Crippen molar-refractivity contribution in [1.29, 1.82) is 0 Å². The van der Waals surface area contributed by atoms with Gasteiger partial charge in [0.15, 0.2) is 5.78 Å². The van der Waals surface area contributed by atoms with E-state index >= 15 is 0 Å². The second kappa shape index (κ2) is 37.8. The summed E-state index contributed by atoms with van der Waals surface area (Å²) < 4.78 is 15.8. The second-order valence-electron chi connectivity index (χ2n) is 26.1. The van der Waals surface area contributed by atoms with E-state index in [1.165, 1.54) is 44.6 Å². The number of aromatic hydroxyl groups is 5. The number of fused-ring (bicyclic) bond motifs is 9. The van der Waals surface area contributed by atoms with E-state index < -0.39 is 17.7 Å². The minimum atomic E-state index is -0.670. The van der Waals surface area contributed by atoms with Crippen LogP contribution in [0.4, 0.5) is 0 Å². The molecule has 14 aromatic carbocycles. The number of Topliss-reactive ketones (excluding diaryl/α,β-unsaturated/α-hetero) is 1. The lowest BCUT2D eigenvalue weighted by Gasteiger charge is -2.26. The number of rotatable bonds is 5. The number of ketones is 3. The Balaban J connectivity index is 0.000000118. The zero-order valence-corrected chi connectivity index (χ0v) is 61.9. The van der Waals surface area contributed by atoms with E-state index in [1.807, 2.05) is 183 Å². The molecule has 2 aromatic heterocycles. The highest BCUT2D eigenvalue weighted by atomic mass is 32.1. The van der Waals surface area contributed by atoms with Crippen LogP contribution in [0.1, 0.15) is 54.6 Å². The standard InChI is InChI=1S/C16H10O.C13H10O2.C13H8O2.C10H6O3.C10H8O.C9H7NO.C8H18N2O2.C8H6O2.C7H8S/c17-14-9-7-12-5-4-10-2-1-3-11-6-8-13(14)16(12)15(10)11;14-13-9-5-1-3-7-11(9)15-12-8-4-2-6-10(12)13;14-8-5-6-10-9-3-1-2-4-11(9)13(15)12(10)7-8;11-8-5-9(12)10(13)7-4-2-1-3-6(7)8;11-10-7-3-5-8-4-1-2-6-9(8)10;11-9-3-1-2-7-6-10-5-4-8(7)9;11-6-8-12-7-5-10-3-1-9-2-4-10;9-8-5-6-3-1-2-4-7(6)10-8;1-6-4-2-3-5-7(6)8/h1-9,17H;1-8,13-14H;1-7,14H;1-5,11H;1-7,11H;1-6,11H;9,11H,1-8H2;1-5,9H;2-5,8H,1H3. The number of para-hydroxylation sites is 3. The monoisotopic (exact) mass is 1510 g/mol. The Morgan fingerprint density at radius 3 is 1.65 bits per heavy atom. The summed E-state index contributed by atoms with van der Waals surface area (Å²) in [7, 11) is 0. The highest BCUT2D eigenvalue weighted by molar-refractivity contribution is 7.80. The number of nitrogens with zero attached hydrogens (tertiary/aromatic N) is 2. The largest absolute Gasteiger partial charge is 0.508 e. The van der Waals surface area contributed by atoms with Gasteiger partial charge in [0, 0.05) is 128 Å². The molecule has 112 heavy (non-hydrogen) atoms. The number of hydrogen-bond acceptors (Lipinski definition) is 18. The van der Waals surface area contributed by atoms with Gasteiger partial charge in [-0.2, -0.15) is 0 Å². The van der Waals surface area contributed by atoms with Gasteiger partial charge in [0.2, 0.25) is 11.6 Å². The number of aryl methyl sites for hydroxylation is 1. The number of benzene rings is 14. The first-order chi connectivity index (χ1) is 54.5. The molecule has 9 N–H and O–H groups in total. The number of aromatic nitrogens is 1. The van der Waals surface area contributed by atoms with Crippen molar-refractivity contribution in [2.45, 2.75) is 17.9 Å². The van der Waals surface area contributed by atoms with Gasteiger partial charge in [-0.1, -0.05) is 218 Å². The highest BCUT2D eigenvalue weighted by Crippen LogP contribution is 2.43. The Bertz CT molecular complexity index is 5770. The number of allylic oxidation sites excluding steroid dienone is 1. The van der Waals surface area contributed by atoms with Crippen LogP contribution in [0.5, 0.6) is 40.4 Å². The molecule has 0 unspecified atom stereocenters. The summed E-state index contributed by atoms with van der Waals surface area (Å²) in [6.45, 7) is 8.75. The second-order valence-corrected chi connectivity index (χ2v) is 26.6. The fourth-order valence-electron chi connectivity index (χ4n) is 13.1. The van der Waals surface area contributed by atoms with Gasteiger partial charge >= 0.3 is 0 Å². The minimum Gasteiger partial charge on any atom is -0.508 e. The number of piperazine rings is 1. The van der Waals surface area contributed by atoms with E-state index in [0.717, 1.165) is 128 Å².